The predicted octanol–water partition coefficient (Wildman–Crippen LogP) is 2.62. The van der Waals surface area contributed by atoms with Crippen molar-refractivity contribution in [3.63, 3.8) is 0 Å². The summed E-state index contributed by atoms with van der Waals surface area (Å²) in [6, 6.07) is 6.92. The van der Waals surface area contributed by atoms with E-state index >= 15 is 0 Å². The van der Waals surface area contributed by atoms with E-state index < -0.39 is 5.24 Å². The number of hydrogen-bond donors (Lipinski definition) is 0. The standard InChI is InChI=1S/C11H8ClNO2/c1-15-7-2-3-10-9(6-7)8(11(12)14)4-5-13-10/h2-6H,1H3. The minimum atomic E-state index is -0.490. The third kappa shape index (κ3) is 1.78. The van der Waals surface area contributed by atoms with Crippen molar-refractivity contribution in [1.82, 2.24) is 4.98 Å². The molecule has 1 aromatic carbocycles. The lowest BCUT2D eigenvalue weighted by atomic mass is 10.1. The Morgan fingerprint density at radius 3 is 2.87 bits per heavy atom. The molecule has 0 fully saturated rings. The van der Waals surface area contributed by atoms with E-state index in [2.05, 4.69) is 4.98 Å². The minimum absolute atomic E-state index is 0.445. The smallest absolute Gasteiger partial charge is 0.253 e. The first kappa shape index (κ1) is 9.93. The molecule has 1 heterocycles. The molecule has 2 aromatic rings. The van der Waals surface area contributed by atoms with Crippen molar-refractivity contribution < 1.29 is 9.53 Å². The molecule has 0 atom stereocenters. The number of nitrogens with zero attached hydrogens (tertiary/aromatic N) is 1. The van der Waals surface area contributed by atoms with Crippen molar-refractivity contribution in [2.45, 2.75) is 0 Å². The highest BCUT2D eigenvalue weighted by molar-refractivity contribution is 6.68. The molecular formula is C11H8ClNO2. The highest BCUT2D eigenvalue weighted by Crippen LogP contribution is 2.23. The van der Waals surface area contributed by atoms with Gasteiger partial charge in [0.1, 0.15) is 5.75 Å². The zero-order chi connectivity index (χ0) is 10.8. The zero-order valence-electron chi connectivity index (χ0n) is 8.03. The first-order valence-corrected chi connectivity index (χ1v) is 4.73. The van der Waals surface area contributed by atoms with Crippen LogP contribution in [0, 0.1) is 0 Å². The Morgan fingerprint density at radius 1 is 1.40 bits per heavy atom. The monoisotopic (exact) mass is 221 g/mol. The quantitative estimate of drug-likeness (QED) is 0.732. The van der Waals surface area contributed by atoms with Crippen LogP contribution in [0.3, 0.4) is 0 Å². The van der Waals surface area contributed by atoms with E-state index in [1.165, 1.54) is 0 Å². The van der Waals surface area contributed by atoms with Gasteiger partial charge in [-0.15, -0.1) is 0 Å². The summed E-state index contributed by atoms with van der Waals surface area (Å²) in [5.74, 6) is 0.676. The van der Waals surface area contributed by atoms with E-state index in [4.69, 9.17) is 16.3 Å². The SMILES string of the molecule is COc1ccc2nccc(C(=O)Cl)c2c1. The summed E-state index contributed by atoms with van der Waals surface area (Å²) in [6.45, 7) is 0. The van der Waals surface area contributed by atoms with Crippen LogP contribution in [0.4, 0.5) is 0 Å². The molecule has 0 aliphatic carbocycles. The van der Waals surface area contributed by atoms with Gasteiger partial charge in [-0.1, -0.05) is 0 Å². The van der Waals surface area contributed by atoms with Gasteiger partial charge in [0, 0.05) is 17.1 Å². The van der Waals surface area contributed by atoms with Gasteiger partial charge in [-0.3, -0.25) is 9.78 Å². The van der Waals surface area contributed by atoms with Crippen molar-refractivity contribution in [3.05, 3.63) is 36.0 Å². The summed E-state index contributed by atoms with van der Waals surface area (Å²) in [7, 11) is 1.57. The number of carbonyl (C=O) groups excluding carboxylic acids is 1. The van der Waals surface area contributed by atoms with Crippen LogP contribution in [0.5, 0.6) is 5.75 Å². The molecular weight excluding hydrogens is 214 g/mol. The maximum absolute atomic E-state index is 11.2. The molecule has 76 valence electrons. The first-order valence-electron chi connectivity index (χ1n) is 4.35. The second-order valence-corrected chi connectivity index (χ2v) is 3.36. The van der Waals surface area contributed by atoms with Gasteiger partial charge in [-0.05, 0) is 35.9 Å². The number of benzene rings is 1. The van der Waals surface area contributed by atoms with Crippen molar-refractivity contribution in [2.24, 2.45) is 0 Å². The largest absolute Gasteiger partial charge is 0.497 e. The molecule has 4 heteroatoms. The Morgan fingerprint density at radius 2 is 2.20 bits per heavy atom. The highest BCUT2D eigenvalue weighted by Gasteiger charge is 2.08. The molecule has 2 rings (SSSR count). The molecule has 0 amide bonds. The van der Waals surface area contributed by atoms with E-state index in [9.17, 15) is 4.79 Å². The molecule has 0 radical (unpaired) electrons. The number of ether oxygens (including phenoxy) is 1. The number of pyridine rings is 1. The summed E-state index contributed by atoms with van der Waals surface area (Å²) >= 11 is 5.47. The van der Waals surface area contributed by atoms with Gasteiger partial charge >= 0.3 is 0 Å². The number of aromatic nitrogens is 1. The molecule has 0 aliphatic heterocycles. The Kier molecular flexibility index (Phi) is 2.56. The number of methoxy groups -OCH3 is 1. The molecule has 15 heavy (non-hydrogen) atoms. The normalized spacial score (nSPS) is 10.3. The lowest BCUT2D eigenvalue weighted by Gasteiger charge is -2.04. The van der Waals surface area contributed by atoms with Crippen molar-refractivity contribution in [2.75, 3.05) is 7.11 Å². The lowest BCUT2D eigenvalue weighted by Crippen LogP contribution is -1.93. The van der Waals surface area contributed by atoms with Crippen molar-refractivity contribution in [3.8, 4) is 5.75 Å². The summed E-state index contributed by atoms with van der Waals surface area (Å²) in [4.78, 5) is 15.3. The average molecular weight is 222 g/mol. The van der Waals surface area contributed by atoms with Crippen LogP contribution in [0.2, 0.25) is 0 Å². The third-order valence-corrected chi connectivity index (χ3v) is 2.36. The molecule has 0 bridgehead atoms. The first-order chi connectivity index (χ1) is 7.22. The van der Waals surface area contributed by atoms with E-state index in [0.29, 0.717) is 16.7 Å². The van der Waals surface area contributed by atoms with Crippen LogP contribution in [-0.4, -0.2) is 17.3 Å². The predicted molar refractivity (Wildman–Crippen MR) is 58.5 cm³/mol. The summed E-state index contributed by atoms with van der Waals surface area (Å²) in [5.41, 5.74) is 1.17. The maximum Gasteiger partial charge on any atom is 0.253 e. The number of halogens is 1. The van der Waals surface area contributed by atoms with Crippen LogP contribution in [-0.2, 0) is 0 Å². The number of rotatable bonds is 2. The fourth-order valence-electron chi connectivity index (χ4n) is 1.42. The van der Waals surface area contributed by atoms with E-state index in [1.807, 2.05) is 0 Å². The molecule has 0 spiro atoms. The molecule has 3 nitrogen and oxygen atoms in total. The zero-order valence-corrected chi connectivity index (χ0v) is 8.78. The van der Waals surface area contributed by atoms with Crippen LogP contribution < -0.4 is 4.74 Å². The topological polar surface area (TPSA) is 39.2 Å². The van der Waals surface area contributed by atoms with Gasteiger partial charge in [0.15, 0.2) is 0 Å². The summed E-state index contributed by atoms with van der Waals surface area (Å²) in [6.07, 6.45) is 1.56. The van der Waals surface area contributed by atoms with Gasteiger partial charge in [0.25, 0.3) is 5.24 Å². The fourth-order valence-corrected chi connectivity index (χ4v) is 1.59. The van der Waals surface area contributed by atoms with E-state index in [-0.39, 0.29) is 0 Å². The van der Waals surface area contributed by atoms with Gasteiger partial charge in [0.05, 0.1) is 12.6 Å². The van der Waals surface area contributed by atoms with Crippen LogP contribution in [0.25, 0.3) is 10.9 Å². The highest BCUT2D eigenvalue weighted by atomic mass is 35.5. The molecule has 1 aromatic heterocycles. The van der Waals surface area contributed by atoms with Crippen molar-refractivity contribution >= 4 is 27.7 Å². The van der Waals surface area contributed by atoms with Crippen LogP contribution >= 0.6 is 11.6 Å². The average Bonchev–Trinajstić information content (AvgIpc) is 2.27. The minimum Gasteiger partial charge on any atom is -0.497 e. The summed E-state index contributed by atoms with van der Waals surface area (Å²) < 4.78 is 5.07. The third-order valence-electron chi connectivity index (χ3n) is 2.16. The Labute approximate surface area is 91.6 Å². The van der Waals surface area contributed by atoms with Crippen LogP contribution in [0.15, 0.2) is 30.5 Å². The number of hydrogen-bond acceptors (Lipinski definition) is 3. The fraction of sp³-hybridized carbons (Fsp3) is 0.0909. The number of carbonyl (C=O) groups is 1. The Hall–Kier alpha value is -1.61. The second kappa shape index (κ2) is 3.87. The number of fused-ring (bicyclic) bond motifs is 1. The summed E-state index contributed by atoms with van der Waals surface area (Å²) in [5, 5.41) is 0.215. The molecule has 0 saturated heterocycles. The van der Waals surface area contributed by atoms with E-state index in [0.717, 1.165) is 5.52 Å². The molecule has 0 N–H and O–H groups in total. The maximum atomic E-state index is 11.2. The van der Waals surface area contributed by atoms with Gasteiger partial charge in [-0.25, -0.2) is 0 Å². The van der Waals surface area contributed by atoms with Gasteiger partial charge in [-0.2, -0.15) is 0 Å². The van der Waals surface area contributed by atoms with Gasteiger partial charge < -0.3 is 4.74 Å². The Balaban J connectivity index is 2.76. The lowest BCUT2D eigenvalue weighted by molar-refractivity contribution is 0.108. The Bertz CT molecular complexity index is 525. The van der Waals surface area contributed by atoms with Crippen LogP contribution in [0.1, 0.15) is 10.4 Å². The molecule has 0 saturated carbocycles. The molecule has 0 unspecified atom stereocenters. The molecule has 0 aliphatic rings. The second-order valence-electron chi connectivity index (χ2n) is 3.02. The van der Waals surface area contributed by atoms with E-state index in [1.54, 1.807) is 37.6 Å². The van der Waals surface area contributed by atoms with Crippen molar-refractivity contribution in [1.29, 1.82) is 0 Å². The van der Waals surface area contributed by atoms with Gasteiger partial charge in [0.2, 0.25) is 0 Å².